The number of amides is 1. The highest BCUT2D eigenvalue weighted by atomic mass is 16.5. The van der Waals surface area contributed by atoms with Crippen molar-refractivity contribution in [3.05, 3.63) is 42.5 Å². The molecule has 2 N–H and O–H groups in total. The van der Waals surface area contributed by atoms with Gasteiger partial charge >= 0.3 is 0 Å². The Bertz CT molecular complexity index is 577. The lowest BCUT2D eigenvalue weighted by molar-refractivity contribution is -0.121. The third-order valence-corrected chi connectivity index (χ3v) is 3.04. The van der Waals surface area contributed by atoms with Gasteiger partial charge in [0.1, 0.15) is 18.5 Å². The SMILES string of the molecule is CCC(=O)NCC(O)COc1cccc2ccccc12. The van der Waals surface area contributed by atoms with E-state index in [1.807, 2.05) is 42.5 Å². The number of rotatable bonds is 6. The smallest absolute Gasteiger partial charge is 0.219 e. The molecular weight excluding hydrogens is 254 g/mol. The van der Waals surface area contributed by atoms with Gasteiger partial charge in [-0.05, 0) is 11.5 Å². The molecular formula is C16H19NO3. The van der Waals surface area contributed by atoms with Crippen LogP contribution in [0.1, 0.15) is 13.3 Å². The quantitative estimate of drug-likeness (QED) is 0.847. The molecule has 0 radical (unpaired) electrons. The molecule has 4 nitrogen and oxygen atoms in total. The Morgan fingerprint density at radius 3 is 2.80 bits per heavy atom. The van der Waals surface area contributed by atoms with Crippen LogP contribution in [-0.2, 0) is 4.79 Å². The second kappa shape index (κ2) is 6.91. The minimum absolute atomic E-state index is 0.0748. The first-order valence-electron chi connectivity index (χ1n) is 6.76. The van der Waals surface area contributed by atoms with Gasteiger partial charge < -0.3 is 15.2 Å². The van der Waals surface area contributed by atoms with Crippen LogP contribution in [0, 0.1) is 0 Å². The Hall–Kier alpha value is -2.07. The average Bonchev–Trinajstić information content (AvgIpc) is 2.50. The average molecular weight is 273 g/mol. The van der Waals surface area contributed by atoms with Crippen molar-refractivity contribution in [2.24, 2.45) is 0 Å². The number of fused-ring (bicyclic) bond motifs is 1. The summed E-state index contributed by atoms with van der Waals surface area (Å²) in [5, 5.41) is 14.5. The molecule has 2 rings (SSSR count). The largest absolute Gasteiger partial charge is 0.490 e. The summed E-state index contributed by atoms with van der Waals surface area (Å²) in [6.07, 6.45) is -0.304. The predicted octanol–water partition coefficient (Wildman–Crippen LogP) is 2.11. The van der Waals surface area contributed by atoms with Gasteiger partial charge in [-0.15, -0.1) is 0 Å². The van der Waals surface area contributed by atoms with Crippen LogP contribution in [0.3, 0.4) is 0 Å². The fourth-order valence-electron chi connectivity index (χ4n) is 1.92. The van der Waals surface area contributed by atoms with Crippen LogP contribution >= 0.6 is 0 Å². The lowest BCUT2D eigenvalue weighted by Gasteiger charge is -2.14. The van der Waals surface area contributed by atoms with Crippen molar-refractivity contribution in [3.63, 3.8) is 0 Å². The van der Waals surface area contributed by atoms with Gasteiger partial charge in [-0.1, -0.05) is 43.3 Å². The summed E-state index contributed by atoms with van der Waals surface area (Å²) >= 11 is 0. The number of benzene rings is 2. The standard InChI is InChI=1S/C16H19NO3/c1-2-16(19)17-10-13(18)11-20-15-9-5-7-12-6-3-4-8-14(12)15/h3-9,13,18H,2,10-11H2,1H3,(H,17,19). The van der Waals surface area contributed by atoms with Crippen molar-refractivity contribution in [3.8, 4) is 5.75 Å². The predicted molar refractivity (Wildman–Crippen MR) is 78.8 cm³/mol. The molecule has 0 heterocycles. The van der Waals surface area contributed by atoms with Crippen LogP contribution < -0.4 is 10.1 Å². The molecule has 4 heteroatoms. The molecule has 2 aromatic carbocycles. The molecule has 1 atom stereocenters. The van der Waals surface area contributed by atoms with Gasteiger partial charge in [0.25, 0.3) is 0 Å². The van der Waals surface area contributed by atoms with Crippen molar-refractivity contribution in [2.45, 2.75) is 19.4 Å². The molecule has 0 saturated heterocycles. The molecule has 2 aromatic rings. The zero-order chi connectivity index (χ0) is 14.4. The maximum Gasteiger partial charge on any atom is 0.219 e. The Morgan fingerprint density at radius 1 is 1.25 bits per heavy atom. The van der Waals surface area contributed by atoms with Crippen LogP contribution in [0.2, 0.25) is 0 Å². The van der Waals surface area contributed by atoms with Crippen molar-refractivity contribution >= 4 is 16.7 Å². The summed E-state index contributed by atoms with van der Waals surface area (Å²) in [6, 6.07) is 13.7. The van der Waals surface area contributed by atoms with E-state index < -0.39 is 6.10 Å². The summed E-state index contributed by atoms with van der Waals surface area (Å²) in [6.45, 7) is 2.13. The van der Waals surface area contributed by atoms with E-state index >= 15 is 0 Å². The highest BCUT2D eigenvalue weighted by molar-refractivity contribution is 5.88. The van der Waals surface area contributed by atoms with Crippen molar-refractivity contribution < 1.29 is 14.6 Å². The Balaban J connectivity index is 1.94. The number of nitrogens with one attached hydrogen (secondary N) is 1. The van der Waals surface area contributed by atoms with Crippen LogP contribution in [-0.4, -0.2) is 30.3 Å². The number of carbonyl (C=O) groups is 1. The van der Waals surface area contributed by atoms with E-state index in [0.29, 0.717) is 6.42 Å². The lowest BCUT2D eigenvalue weighted by Crippen LogP contribution is -2.34. The zero-order valence-electron chi connectivity index (χ0n) is 11.5. The molecule has 106 valence electrons. The third-order valence-electron chi connectivity index (χ3n) is 3.04. The first-order chi connectivity index (χ1) is 9.70. The van der Waals surface area contributed by atoms with Gasteiger partial charge in [0, 0.05) is 18.4 Å². The van der Waals surface area contributed by atoms with Gasteiger partial charge in [-0.3, -0.25) is 4.79 Å². The molecule has 0 aromatic heterocycles. The van der Waals surface area contributed by atoms with Crippen LogP contribution in [0.15, 0.2) is 42.5 Å². The highest BCUT2D eigenvalue weighted by Crippen LogP contribution is 2.25. The molecule has 0 bridgehead atoms. The molecule has 0 aliphatic heterocycles. The summed E-state index contributed by atoms with van der Waals surface area (Å²) < 4.78 is 5.65. The minimum atomic E-state index is -0.718. The second-order valence-corrected chi connectivity index (χ2v) is 4.60. The third kappa shape index (κ3) is 3.71. The Kier molecular flexibility index (Phi) is 4.96. The van der Waals surface area contributed by atoms with Crippen LogP contribution in [0.25, 0.3) is 10.8 Å². The van der Waals surface area contributed by atoms with E-state index in [9.17, 15) is 9.90 Å². The highest BCUT2D eigenvalue weighted by Gasteiger charge is 2.08. The van der Waals surface area contributed by atoms with E-state index in [4.69, 9.17) is 4.74 Å². The van der Waals surface area contributed by atoms with Gasteiger partial charge in [0.15, 0.2) is 0 Å². The molecule has 20 heavy (non-hydrogen) atoms. The molecule has 1 unspecified atom stereocenters. The number of carbonyl (C=O) groups excluding carboxylic acids is 1. The van der Waals surface area contributed by atoms with E-state index in [1.54, 1.807) is 6.92 Å². The normalized spacial score (nSPS) is 12.1. The Morgan fingerprint density at radius 2 is 2.00 bits per heavy atom. The van der Waals surface area contributed by atoms with Gasteiger partial charge in [0.2, 0.25) is 5.91 Å². The maximum absolute atomic E-state index is 11.1. The minimum Gasteiger partial charge on any atom is -0.490 e. The number of hydrogen-bond acceptors (Lipinski definition) is 3. The number of aliphatic hydroxyl groups excluding tert-OH is 1. The number of aliphatic hydroxyl groups is 1. The molecule has 0 spiro atoms. The molecule has 0 aliphatic rings. The van der Waals surface area contributed by atoms with Gasteiger partial charge in [-0.25, -0.2) is 0 Å². The maximum atomic E-state index is 11.1. The first kappa shape index (κ1) is 14.3. The fourth-order valence-corrected chi connectivity index (χ4v) is 1.92. The number of hydrogen-bond donors (Lipinski definition) is 2. The zero-order valence-corrected chi connectivity index (χ0v) is 11.5. The van der Waals surface area contributed by atoms with E-state index in [-0.39, 0.29) is 19.1 Å². The summed E-state index contributed by atoms with van der Waals surface area (Å²) in [7, 11) is 0. The van der Waals surface area contributed by atoms with Gasteiger partial charge in [0.05, 0.1) is 0 Å². The van der Waals surface area contributed by atoms with Crippen molar-refractivity contribution in [1.82, 2.24) is 5.32 Å². The summed E-state index contributed by atoms with van der Waals surface area (Å²) in [5.41, 5.74) is 0. The van der Waals surface area contributed by atoms with Gasteiger partial charge in [-0.2, -0.15) is 0 Å². The van der Waals surface area contributed by atoms with E-state index in [2.05, 4.69) is 5.32 Å². The van der Waals surface area contributed by atoms with Crippen molar-refractivity contribution in [2.75, 3.05) is 13.2 Å². The molecule has 0 saturated carbocycles. The van der Waals surface area contributed by atoms with E-state index in [1.165, 1.54) is 0 Å². The Labute approximate surface area is 118 Å². The van der Waals surface area contributed by atoms with Crippen LogP contribution in [0.5, 0.6) is 5.75 Å². The monoisotopic (exact) mass is 273 g/mol. The van der Waals surface area contributed by atoms with E-state index in [0.717, 1.165) is 16.5 Å². The number of ether oxygens (including phenoxy) is 1. The fraction of sp³-hybridized carbons (Fsp3) is 0.312. The molecule has 0 aliphatic carbocycles. The molecule has 0 fully saturated rings. The second-order valence-electron chi connectivity index (χ2n) is 4.60. The lowest BCUT2D eigenvalue weighted by atomic mass is 10.1. The molecule has 1 amide bonds. The van der Waals surface area contributed by atoms with Crippen molar-refractivity contribution in [1.29, 1.82) is 0 Å². The van der Waals surface area contributed by atoms with Crippen LogP contribution in [0.4, 0.5) is 0 Å². The topological polar surface area (TPSA) is 58.6 Å². The summed E-state index contributed by atoms with van der Waals surface area (Å²) in [4.78, 5) is 11.1. The first-order valence-corrected chi connectivity index (χ1v) is 6.76. The summed E-state index contributed by atoms with van der Waals surface area (Å²) in [5.74, 6) is 0.665.